The highest BCUT2D eigenvalue weighted by Crippen LogP contribution is 2.22. The first-order chi connectivity index (χ1) is 9.43. The molecule has 1 N–H and O–H groups in total. The standard InChI is InChI=1S/C16H15N3/c1-2-4-13(5-3-1)6-7-16-15(12-18-19-16)14-8-10-17-11-9-14/h1-5,8-12H,6-7H2,(H,18,19). The molecule has 2 aromatic heterocycles. The topological polar surface area (TPSA) is 41.6 Å². The van der Waals surface area contributed by atoms with Crippen molar-refractivity contribution in [3.63, 3.8) is 0 Å². The summed E-state index contributed by atoms with van der Waals surface area (Å²) in [6.45, 7) is 0. The van der Waals surface area contributed by atoms with Crippen molar-refractivity contribution in [3.05, 3.63) is 72.3 Å². The van der Waals surface area contributed by atoms with E-state index < -0.39 is 0 Å². The van der Waals surface area contributed by atoms with Gasteiger partial charge in [0.1, 0.15) is 0 Å². The molecule has 0 fully saturated rings. The maximum Gasteiger partial charge on any atom is 0.0568 e. The lowest BCUT2D eigenvalue weighted by Crippen LogP contribution is -1.93. The summed E-state index contributed by atoms with van der Waals surface area (Å²) in [6, 6.07) is 14.5. The molecule has 0 radical (unpaired) electrons. The summed E-state index contributed by atoms with van der Waals surface area (Å²) in [5, 5.41) is 7.27. The number of aromatic nitrogens is 3. The predicted octanol–water partition coefficient (Wildman–Crippen LogP) is 3.26. The Morgan fingerprint density at radius 2 is 1.68 bits per heavy atom. The van der Waals surface area contributed by atoms with E-state index in [4.69, 9.17) is 0 Å². The second kappa shape index (κ2) is 5.48. The molecule has 0 unspecified atom stereocenters. The van der Waals surface area contributed by atoms with Crippen molar-refractivity contribution >= 4 is 0 Å². The number of H-pyrrole nitrogens is 1. The number of hydrogen-bond acceptors (Lipinski definition) is 2. The van der Waals surface area contributed by atoms with E-state index in [0.717, 1.165) is 18.4 Å². The maximum absolute atomic E-state index is 4.17. The first-order valence-corrected chi connectivity index (χ1v) is 6.40. The lowest BCUT2D eigenvalue weighted by molar-refractivity contribution is 0.894. The second-order valence-corrected chi connectivity index (χ2v) is 4.48. The van der Waals surface area contributed by atoms with Crippen molar-refractivity contribution in [2.24, 2.45) is 0 Å². The average Bonchev–Trinajstić information content (AvgIpc) is 2.95. The minimum absolute atomic E-state index is 0.960. The summed E-state index contributed by atoms with van der Waals surface area (Å²) in [5.41, 5.74) is 4.85. The number of hydrogen-bond donors (Lipinski definition) is 1. The molecule has 0 saturated heterocycles. The van der Waals surface area contributed by atoms with Crippen LogP contribution in [-0.2, 0) is 12.8 Å². The minimum Gasteiger partial charge on any atom is -0.282 e. The van der Waals surface area contributed by atoms with Gasteiger partial charge in [0.2, 0.25) is 0 Å². The highest BCUT2D eigenvalue weighted by molar-refractivity contribution is 5.64. The van der Waals surface area contributed by atoms with Gasteiger partial charge in [-0.25, -0.2) is 0 Å². The Labute approximate surface area is 112 Å². The Balaban J connectivity index is 1.78. The lowest BCUT2D eigenvalue weighted by atomic mass is 10.0. The molecule has 3 rings (SSSR count). The van der Waals surface area contributed by atoms with Gasteiger partial charge in [-0.05, 0) is 36.1 Å². The molecular weight excluding hydrogens is 234 g/mol. The monoisotopic (exact) mass is 249 g/mol. The van der Waals surface area contributed by atoms with Crippen LogP contribution in [0.3, 0.4) is 0 Å². The van der Waals surface area contributed by atoms with Crippen LogP contribution in [0.4, 0.5) is 0 Å². The van der Waals surface area contributed by atoms with E-state index >= 15 is 0 Å². The Bertz CT molecular complexity index is 629. The molecule has 0 atom stereocenters. The Morgan fingerprint density at radius 3 is 2.47 bits per heavy atom. The SMILES string of the molecule is c1ccc(CCc2[nH]ncc2-c2ccncc2)cc1. The van der Waals surface area contributed by atoms with Crippen LogP contribution in [0.25, 0.3) is 11.1 Å². The maximum atomic E-state index is 4.17. The summed E-state index contributed by atoms with van der Waals surface area (Å²) < 4.78 is 0. The third kappa shape index (κ3) is 2.71. The molecular formula is C16H15N3. The smallest absolute Gasteiger partial charge is 0.0568 e. The number of nitrogens with zero attached hydrogens (tertiary/aromatic N) is 2. The number of aryl methyl sites for hydroxylation is 2. The van der Waals surface area contributed by atoms with Crippen LogP contribution in [0.15, 0.2) is 61.1 Å². The van der Waals surface area contributed by atoms with Gasteiger partial charge in [-0.2, -0.15) is 5.10 Å². The lowest BCUT2D eigenvalue weighted by Gasteiger charge is -2.03. The van der Waals surface area contributed by atoms with Crippen molar-refractivity contribution in [3.8, 4) is 11.1 Å². The van der Waals surface area contributed by atoms with Crippen LogP contribution in [0, 0.1) is 0 Å². The van der Waals surface area contributed by atoms with Crippen molar-refractivity contribution in [2.75, 3.05) is 0 Å². The van der Waals surface area contributed by atoms with E-state index in [2.05, 4.69) is 39.4 Å². The van der Waals surface area contributed by atoms with Crippen LogP contribution in [-0.4, -0.2) is 15.2 Å². The van der Waals surface area contributed by atoms with Crippen molar-refractivity contribution in [2.45, 2.75) is 12.8 Å². The molecule has 94 valence electrons. The number of aromatic amines is 1. The van der Waals surface area contributed by atoms with Crippen molar-refractivity contribution < 1.29 is 0 Å². The summed E-state index contributed by atoms with van der Waals surface area (Å²) in [6.07, 6.45) is 7.48. The van der Waals surface area contributed by atoms with Crippen molar-refractivity contribution in [1.82, 2.24) is 15.2 Å². The average molecular weight is 249 g/mol. The van der Waals surface area contributed by atoms with Gasteiger partial charge in [-0.3, -0.25) is 10.1 Å². The van der Waals surface area contributed by atoms with Crippen LogP contribution in [0.1, 0.15) is 11.3 Å². The Kier molecular flexibility index (Phi) is 3.36. The van der Waals surface area contributed by atoms with E-state index in [1.165, 1.54) is 16.8 Å². The van der Waals surface area contributed by atoms with E-state index in [0.29, 0.717) is 0 Å². The summed E-state index contributed by atoms with van der Waals surface area (Å²) in [5.74, 6) is 0. The summed E-state index contributed by atoms with van der Waals surface area (Å²) in [4.78, 5) is 4.05. The zero-order valence-electron chi connectivity index (χ0n) is 10.6. The third-order valence-corrected chi connectivity index (χ3v) is 3.22. The zero-order chi connectivity index (χ0) is 12.9. The van der Waals surface area contributed by atoms with Crippen LogP contribution >= 0.6 is 0 Å². The fourth-order valence-electron chi connectivity index (χ4n) is 2.20. The first-order valence-electron chi connectivity index (χ1n) is 6.40. The van der Waals surface area contributed by atoms with Crippen LogP contribution in [0.5, 0.6) is 0 Å². The number of benzene rings is 1. The second-order valence-electron chi connectivity index (χ2n) is 4.48. The molecule has 0 aliphatic rings. The number of rotatable bonds is 4. The van der Waals surface area contributed by atoms with Gasteiger partial charge in [-0.15, -0.1) is 0 Å². The van der Waals surface area contributed by atoms with Gasteiger partial charge < -0.3 is 0 Å². The highest BCUT2D eigenvalue weighted by Gasteiger charge is 2.07. The quantitative estimate of drug-likeness (QED) is 0.771. The van der Waals surface area contributed by atoms with Gasteiger partial charge in [0.15, 0.2) is 0 Å². The third-order valence-electron chi connectivity index (χ3n) is 3.22. The predicted molar refractivity (Wildman–Crippen MR) is 75.7 cm³/mol. The molecule has 2 heterocycles. The molecule has 0 amide bonds. The van der Waals surface area contributed by atoms with Crippen molar-refractivity contribution in [1.29, 1.82) is 0 Å². The van der Waals surface area contributed by atoms with E-state index in [1.54, 1.807) is 0 Å². The fourth-order valence-corrected chi connectivity index (χ4v) is 2.20. The Hall–Kier alpha value is -2.42. The van der Waals surface area contributed by atoms with E-state index in [1.807, 2.05) is 36.8 Å². The Morgan fingerprint density at radius 1 is 0.895 bits per heavy atom. The van der Waals surface area contributed by atoms with Gasteiger partial charge in [-0.1, -0.05) is 30.3 Å². The van der Waals surface area contributed by atoms with Gasteiger partial charge >= 0.3 is 0 Å². The molecule has 0 aliphatic carbocycles. The molecule has 3 nitrogen and oxygen atoms in total. The minimum atomic E-state index is 0.960. The molecule has 0 aliphatic heterocycles. The molecule has 3 aromatic rings. The van der Waals surface area contributed by atoms with Gasteiger partial charge in [0.25, 0.3) is 0 Å². The van der Waals surface area contributed by atoms with E-state index in [9.17, 15) is 0 Å². The summed E-state index contributed by atoms with van der Waals surface area (Å²) >= 11 is 0. The molecule has 0 spiro atoms. The number of nitrogens with one attached hydrogen (secondary N) is 1. The van der Waals surface area contributed by atoms with E-state index in [-0.39, 0.29) is 0 Å². The van der Waals surface area contributed by atoms with Gasteiger partial charge in [0, 0.05) is 23.7 Å². The molecule has 0 bridgehead atoms. The molecule has 19 heavy (non-hydrogen) atoms. The number of pyridine rings is 1. The summed E-state index contributed by atoms with van der Waals surface area (Å²) in [7, 11) is 0. The molecule has 3 heteroatoms. The first kappa shape index (κ1) is 11.7. The fraction of sp³-hybridized carbons (Fsp3) is 0.125. The normalized spacial score (nSPS) is 10.5. The molecule has 1 aromatic carbocycles. The van der Waals surface area contributed by atoms with Crippen LogP contribution < -0.4 is 0 Å². The largest absolute Gasteiger partial charge is 0.282 e. The molecule has 0 saturated carbocycles. The highest BCUT2D eigenvalue weighted by atomic mass is 15.1. The van der Waals surface area contributed by atoms with Gasteiger partial charge in [0.05, 0.1) is 6.20 Å². The zero-order valence-corrected chi connectivity index (χ0v) is 10.6. The van der Waals surface area contributed by atoms with Crippen LogP contribution in [0.2, 0.25) is 0 Å².